The first-order valence-corrected chi connectivity index (χ1v) is 15.3. The standard InChI is InChI=1S/C21H12NS2.C13H7N6O2.Ir/c1-2-11-22-18(7-1)16-6-3-5-15-17-13-14(19-8-4-12-23-19)9-10-20(17)24-21(15)16;20-19(21)10-6-4-9(5-7-10)12-15-17-13(18-16-12)11-3-1-2-8-14-11;/h1-5,7-13H;1-4,6-8H;/q2*-1;. The molecule has 1 radical (unpaired) electrons. The van der Waals surface area contributed by atoms with Crippen LogP contribution in [-0.4, -0.2) is 35.3 Å². The van der Waals surface area contributed by atoms with E-state index in [1.807, 2.05) is 47.9 Å². The zero-order valence-electron chi connectivity index (χ0n) is 23.6. The number of aromatic nitrogens is 6. The van der Waals surface area contributed by atoms with E-state index in [2.05, 4.69) is 84.3 Å². The predicted molar refractivity (Wildman–Crippen MR) is 176 cm³/mol. The summed E-state index contributed by atoms with van der Waals surface area (Å²) in [5.74, 6) is 0.547. The summed E-state index contributed by atoms with van der Waals surface area (Å²) in [7, 11) is 0. The number of non-ortho nitro benzene ring substituents is 1. The molecule has 12 heteroatoms. The van der Waals surface area contributed by atoms with Gasteiger partial charge in [0, 0.05) is 47.0 Å². The van der Waals surface area contributed by atoms with Crippen LogP contribution < -0.4 is 0 Å². The molecule has 8 aromatic rings. The van der Waals surface area contributed by atoms with Gasteiger partial charge in [0.25, 0.3) is 0 Å². The molecule has 9 nitrogen and oxygen atoms in total. The summed E-state index contributed by atoms with van der Waals surface area (Å²) in [6, 6.07) is 36.8. The predicted octanol–water partition coefficient (Wildman–Crippen LogP) is 8.35. The van der Waals surface area contributed by atoms with Gasteiger partial charge in [-0.05, 0) is 63.1 Å². The maximum absolute atomic E-state index is 10.6. The third-order valence-corrected chi connectivity index (χ3v) is 8.90. The monoisotopic (exact) mass is 814 g/mol. The van der Waals surface area contributed by atoms with Crippen LogP contribution >= 0.6 is 22.7 Å². The second-order valence-electron chi connectivity index (χ2n) is 9.58. The van der Waals surface area contributed by atoms with E-state index < -0.39 is 4.92 Å². The van der Waals surface area contributed by atoms with Gasteiger partial charge in [0.15, 0.2) is 5.69 Å². The maximum atomic E-state index is 10.6. The van der Waals surface area contributed by atoms with Gasteiger partial charge in [-0.2, -0.15) is 21.5 Å². The van der Waals surface area contributed by atoms with Crippen LogP contribution in [0.5, 0.6) is 0 Å². The molecular weight excluding hydrogens is 795 g/mol. The fourth-order valence-corrected chi connectivity index (χ4v) is 6.55. The fraction of sp³-hybridized carbons (Fsp3) is 0. The Kier molecular flexibility index (Phi) is 9.32. The smallest absolute Gasteiger partial charge is 0.220 e. The molecule has 0 aliphatic carbocycles. The number of benzene rings is 3. The summed E-state index contributed by atoms with van der Waals surface area (Å²) in [5, 5.41) is 31.1. The van der Waals surface area contributed by atoms with Crippen LogP contribution in [0.15, 0.2) is 115 Å². The summed E-state index contributed by atoms with van der Waals surface area (Å²) in [4.78, 5) is 20.0. The summed E-state index contributed by atoms with van der Waals surface area (Å²) < 4.78 is 2.57. The molecule has 0 spiro atoms. The maximum Gasteiger partial charge on any atom is 0.220 e. The van der Waals surface area contributed by atoms with Gasteiger partial charge in [-0.25, -0.2) is 0 Å². The van der Waals surface area contributed by atoms with Gasteiger partial charge in [0.2, 0.25) is 5.82 Å². The van der Waals surface area contributed by atoms with E-state index >= 15 is 0 Å². The van der Waals surface area contributed by atoms with Crippen molar-refractivity contribution in [2.24, 2.45) is 0 Å². The topological polar surface area (TPSA) is 120 Å². The van der Waals surface area contributed by atoms with Crippen LogP contribution in [0.4, 0.5) is 5.69 Å². The molecule has 0 fully saturated rings. The van der Waals surface area contributed by atoms with Crippen LogP contribution in [0.1, 0.15) is 0 Å². The molecule has 46 heavy (non-hydrogen) atoms. The number of thiophene rings is 2. The van der Waals surface area contributed by atoms with Crippen LogP contribution in [0, 0.1) is 22.2 Å². The van der Waals surface area contributed by atoms with Crippen molar-refractivity contribution in [3.8, 4) is 44.6 Å². The van der Waals surface area contributed by atoms with E-state index in [9.17, 15) is 10.1 Å². The Morgan fingerprint density at radius 2 is 1.50 bits per heavy atom. The Bertz CT molecular complexity index is 2230. The Hall–Kier alpha value is -5.13. The van der Waals surface area contributed by atoms with Crippen LogP contribution in [0.2, 0.25) is 0 Å². The molecule has 0 saturated carbocycles. The quantitative estimate of drug-likeness (QED) is 0.0967. The van der Waals surface area contributed by atoms with Crippen LogP contribution in [-0.2, 0) is 20.1 Å². The van der Waals surface area contributed by atoms with Crippen molar-refractivity contribution in [3.05, 3.63) is 137 Å². The molecule has 225 valence electrons. The van der Waals surface area contributed by atoms with Crippen molar-refractivity contribution in [2.45, 2.75) is 0 Å². The molecule has 5 heterocycles. The van der Waals surface area contributed by atoms with Gasteiger partial charge in [0.1, 0.15) is 11.5 Å². The Morgan fingerprint density at radius 1 is 0.739 bits per heavy atom. The summed E-state index contributed by atoms with van der Waals surface area (Å²) >= 11 is 3.60. The van der Waals surface area contributed by atoms with E-state index in [1.54, 1.807) is 29.7 Å². The van der Waals surface area contributed by atoms with Crippen molar-refractivity contribution in [1.82, 2.24) is 30.4 Å². The third-order valence-electron chi connectivity index (χ3n) is 6.78. The second kappa shape index (κ2) is 13.9. The van der Waals surface area contributed by atoms with E-state index in [4.69, 9.17) is 0 Å². The van der Waals surface area contributed by atoms with Crippen LogP contribution in [0.3, 0.4) is 0 Å². The molecule has 0 bridgehead atoms. The van der Waals surface area contributed by atoms with E-state index in [0.29, 0.717) is 17.1 Å². The molecule has 0 amide bonds. The molecule has 0 atom stereocenters. The first-order chi connectivity index (χ1) is 22.1. The fourth-order valence-electron chi connectivity index (χ4n) is 4.64. The minimum absolute atomic E-state index is 0. The minimum Gasteiger partial charge on any atom is -0.305 e. The molecule has 5 aromatic heterocycles. The average molecular weight is 814 g/mol. The van der Waals surface area contributed by atoms with Gasteiger partial charge < -0.3 is 4.98 Å². The molecule has 0 aliphatic heterocycles. The van der Waals surface area contributed by atoms with E-state index in [1.165, 1.54) is 48.8 Å². The molecule has 0 unspecified atom stereocenters. The SMILES string of the molecule is O=[N+]([O-])c1c[c-]c(-c2nnc(-c3ccccn3)nn2)cc1.[Ir].[c-]1ccc2c(sc3ccc(-c4cccs4)cc32)c1-c1ccccn1. The third kappa shape index (κ3) is 6.46. The van der Waals surface area contributed by atoms with Crippen molar-refractivity contribution < 1.29 is 25.0 Å². The van der Waals surface area contributed by atoms with Gasteiger partial charge >= 0.3 is 0 Å². The summed E-state index contributed by atoms with van der Waals surface area (Å²) in [6.45, 7) is 0. The van der Waals surface area contributed by atoms with Crippen molar-refractivity contribution >= 4 is 48.5 Å². The Morgan fingerprint density at radius 3 is 2.15 bits per heavy atom. The zero-order chi connectivity index (χ0) is 30.6. The van der Waals surface area contributed by atoms with Gasteiger partial charge in [-0.3, -0.25) is 15.1 Å². The van der Waals surface area contributed by atoms with Crippen molar-refractivity contribution in [2.75, 3.05) is 0 Å². The molecule has 0 saturated heterocycles. The number of nitro benzene ring substituents is 1. The van der Waals surface area contributed by atoms with Crippen molar-refractivity contribution in [1.29, 1.82) is 0 Å². The Labute approximate surface area is 284 Å². The van der Waals surface area contributed by atoms with E-state index in [-0.39, 0.29) is 31.6 Å². The van der Waals surface area contributed by atoms with Gasteiger partial charge in [-0.15, -0.1) is 63.0 Å². The summed E-state index contributed by atoms with van der Waals surface area (Å²) in [5.41, 5.74) is 4.35. The Balaban J connectivity index is 0.000000160. The number of nitro groups is 1. The van der Waals surface area contributed by atoms with Gasteiger partial charge in [0.05, 0.1) is 0 Å². The first kappa shape index (κ1) is 30.9. The number of fused-ring (bicyclic) bond motifs is 3. The number of hydrogen-bond donors (Lipinski definition) is 0. The molecule has 0 N–H and O–H groups in total. The second-order valence-corrected chi connectivity index (χ2v) is 11.6. The zero-order valence-corrected chi connectivity index (χ0v) is 27.6. The first-order valence-electron chi connectivity index (χ1n) is 13.6. The average Bonchev–Trinajstić information content (AvgIpc) is 3.78. The van der Waals surface area contributed by atoms with E-state index in [0.717, 1.165) is 11.3 Å². The molecule has 8 rings (SSSR count). The summed E-state index contributed by atoms with van der Waals surface area (Å²) in [6.07, 6.45) is 3.46. The molecular formula is C34H19IrN7O2S2-2. The minimum atomic E-state index is -0.498. The van der Waals surface area contributed by atoms with Crippen molar-refractivity contribution in [3.63, 3.8) is 0 Å². The number of hydrogen-bond acceptors (Lipinski definition) is 10. The van der Waals surface area contributed by atoms with Crippen LogP contribution in [0.25, 0.3) is 64.8 Å². The number of pyridine rings is 2. The normalized spacial score (nSPS) is 10.6. The van der Waals surface area contributed by atoms with Gasteiger partial charge in [-0.1, -0.05) is 47.9 Å². The molecule has 0 aliphatic rings. The number of nitrogens with zero attached hydrogens (tertiary/aromatic N) is 7. The largest absolute Gasteiger partial charge is 0.305 e. The molecule has 3 aromatic carbocycles. The number of rotatable bonds is 5.